The van der Waals surface area contributed by atoms with Crippen LogP contribution in [0.3, 0.4) is 0 Å². The van der Waals surface area contributed by atoms with E-state index in [9.17, 15) is 4.39 Å². The van der Waals surface area contributed by atoms with Crippen molar-refractivity contribution in [2.45, 2.75) is 13.0 Å². The van der Waals surface area contributed by atoms with E-state index in [1.54, 1.807) is 12.1 Å². The fourth-order valence-electron chi connectivity index (χ4n) is 2.56. The molecule has 0 saturated carbocycles. The first-order valence-corrected chi connectivity index (χ1v) is 6.59. The van der Waals surface area contributed by atoms with E-state index in [0.29, 0.717) is 17.1 Å². The highest BCUT2D eigenvalue weighted by molar-refractivity contribution is 6.30. The summed E-state index contributed by atoms with van der Waals surface area (Å²) >= 11 is 5.92. The Bertz CT molecular complexity index is 628. The highest BCUT2D eigenvalue weighted by Crippen LogP contribution is 2.33. The molecule has 2 nitrogen and oxygen atoms in total. The fourth-order valence-corrected chi connectivity index (χ4v) is 2.76. The molecule has 1 aliphatic rings. The zero-order valence-corrected chi connectivity index (χ0v) is 11.1. The molecule has 0 saturated heterocycles. The molecule has 0 bridgehead atoms. The smallest absolute Gasteiger partial charge is 0.128 e. The van der Waals surface area contributed by atoms with E-state index in [1.807, 2.05) is 18.2 Å². The van der Waals surface area contributed by atoms with Gasteiger partial charge in [-0.3, -0.25) is 0 Å². The number of nitrogens with zero attached hydrogens (tertiary/aromatic N) is 1. The second-order valence-electron chi connectivity index (χ2n) is 4.75. The molecule has 4 heteroatoms. The summed E-state index contributed by atoms with van der Waals surface area (Å²) in [6.07, 6.45) is 0.907. The third kappa shape index (κ3) is 2.26. The average molecular weight is 277 g/mol. The molecular formula is C15H14ClFN2. The number of rotatable bonds is 2. The minimum atomic E-state index is -0.221. The minimum absolute atomic E-state index is 0.221. The second-order valence-corrected chi connectivity index (χ2v) is 5.19. The van der Waals surface area contributed by atoms with Crippen LogP contribution >= 0.6 is 11.6 Å². The predicted octanol–water partition coefficient (Wildman–Crippen LogP) is 3.62. The van der Waals surface area contributed by atoms with Gasteiger partial charge in [-0.15, -0.1) is 0 Å². The topological polar surface area (TPSA) is 29.3 Å². The summed E-state index contributed by atoms with van der Waals surface area (Å²) in [6, 6.07) is 10.5. The van der Waals surface area contributed by atoms with Crippen LogP contribution in [0, 0.1) is 5.82 Å². The number of hydrogen-bond acceptors (Lipinski definition) is 2. The van der Waals surface area contributed by atoms with Crippen molar-refractivity contribution in [2.75, 3.05) is 17.2 Å². The van der Waals surface area contributed by atoms with E-state index in [1.165, 1.54) is 6.07 Å². The quantitative estimate of drug-likeness (QED) is 0.849. The Morgan fingerprint density at radius 3 is 2.95 bits per heavy atom. The molecule has 2 aromatic carbocycles. The Labute approximate surface area is 116 Å². The van der Waals surface area contributed by atoms with Crippen LogP contribution in [0.4, 0.5) is 15.8 Å². The number of halogens is 2. The maximum absolute atomic E-state index is 13.8. The molecule has 0 fully saturated rings. The summed E-state index contributed by atoms with van der Waals surface area (Å²) in [5.41, 5.74) is 9.64. The molecule has 3 rings (SSSR count). The molecule has 19 heavy (non-hydrogen) atoms. The van der Waals surface area contributed by atoms with Crippen molar-refractivity contribution < 1.29 is 4.39 Å². The van der Waals surface area contributed by atoms with Crippen molar-refractivity contribution in [1.29, 1.82) is 0 Å². The van der Waals surface area contributed by atoms with Gasteiger partial charge in [0.05, 0.1) is 0 Å². The van der Waals surface area contributed by atoms with Crippen LogP contribution in [0.25, 0.3) is 0 Å². The number of nitrogen functional groups attached to an aromatic ring is 1. The van der Waals surface area contributed by atoms with Crippen molar-refractivity contribution in [3.8, 4) is 0 Å². The monoisotopic (exact) mass is 276 g/mol. The lowest BCUT2D eigenvalue weighted by atomic mass is 10.1. The van der Waals surface area contributed by atoms with Crippen LogP contribution < -0.4 is 10.6 Å². The van der Waals surface area contributed by atoms with Crippen LogP contribution in [0.2, 0.25) is 5.02 Å². The van der Waals surface area contributed by atoms with E-state index in [-0.39, 0.29) is 5.82 Å². The molecule has 2 aromatic rings. The molecule has 0 aromatic heterocycles. The minimum Gasteiger partial charge on any atom is -0.398 e. The lowest BCUT2D eigenvalue weighted by Crippen LogP contribution is -2.20. The molecule has 0 aliphatic carbocycles. The number of anilines is 2. The first kappa shape index (κ1) is 12.3. The van der Waals surface area contributed by atoms with Gasteiger partial charge in [0.1, 0.15) is 5.82 Å². The fraction of sp³-hybridized carbons (Fsp3) is 0.200. The summed E-state index contributed by atoms with van der Waals surface area (Å²) in [5, 5.41) is 0.559. The number of nitrogens with two attached hydrogens (primary N) is 1. The molecule has 98 valence electrons. The Balaban J connectivity index is 1.91. The van der Waals surface area contributed by atoms with Gasteiger partial charge in [0.15, 0.2) is 0 Å². The van der Waals surface area contributed by atoms with E-state index in [0.717, 1.165) is 29.9 Å². The highest BCUT2D eigenvalue weighted by atomic mass is 35.5. The first-order chi connectivity index (χ1) is 9.15. The lowest BCUT2D eigenvalue weighted by molar-refractivity contribution is 0.606. The Kier molecular flexibility index (Phi) is 3.07. The first-order valence-electron chi connectivity index (χ1n) is 6.21. The van der Waals surface area contributed by atoms with Gasteiger partial charge in [0.25, 0.3) is 0 Å². The van der Waals surface area contributed by atoms with Gasteiger partial charge in [-0.25, -0.2) is 4.39 Å². The third-order valence-electron chi connectivity index (χ3n) is 3.53. The molecule has 1 heterocycles. The van der Waals surface area contributed by atoms with Gasteiger partial charge in [0, 0.05) is 40.6 Å². The number of benzene rings is 2. The number of fused-ring (bicyclic) bond motifs is 1. The zero-order valence-electron chi connectivity index (χ0n) is 10.4. The van der Waals surface area contributed by atoms with Crippen LogP contribution in [-0.4, -0.2) is 6.54 Å². The zero-order chi connectivity index (χ0) is 13.4. The summed E-state index contributed by atoms with van der Waals surface area (Å²) < 4.78 is 13.8. The predicted molar refractivity (Wildman–Crippen MR) is 77.0 cm³/mol. The van der Waals surface area contributed by atoms with Crippen LogP contribution in [0.1, 0.15) is 11.1 Å². The number of hydrogen-bond donors (Lipinski definition) is 1. The van der Waals surface area contributed by atoms with E-state index in [4.69, 9.17) is 17.3 Å². The van der Waals surface area contributed by atoms with E-state index in [2.05, 4.69) is 4.90 Å². The summed E-state index contributed by atoms with van der Waals surface area (Å²) in [4.78, 5) is 2.14. The van der Waals surface area contributed by atoms with Crippen molar-refractivity contribution in [3.05, 3.63) is 58.4 Å². The van der Waals surface area contributed by atoms with Crippen LogP contribution in [0.5, 0.6) is 0 Å². The molecule has 1 aliphatic heterocycles. The van der Waals surface area contributed by atoms with Crippen LogP contribution in [-0.2, 0) is 13.0 Å². The molecule has 0 radical (unpaired) electrons. The van der Waals surface area contributed by atoms with Crippen molar-refractivity contribution in [2.24, 2.45) is 0 Å². The average Bonchev–Trinajstić information content (AvgIpc) is 2.79. The Morgan fingerprint density at radius 2 is 2.11 bits per heavy atom. The van der Waals surface area contributed by atoms with Gasteiger partial charge < -0.3 is 10.6 Å². The van der Waals surface area contributed by atoms with Gasteiger partial charge in [-0.05, 0) is 36.8 Å². The molecular weight excluding hydrogens is 263 g/mol. The SMILES string of the molecule is Nc1cccc2c1CCN2Cc1cc(Cl)ccc1F. The Morgan fingerprint density at radius 1 is 1.26 bits per heavy atom. The van der Waals surface area contributed by atoms with Crippen molar-refractivity contribution in [1.82, 2.24) is 0 Å². The van der Waals surface area contributed by atoms with E-state index >= 15 is 0 Å². The molecule has 0 atom stereocenters. The van der Waals surface area contributed by atoms with Crippen LogP contribution in [0.15, 0.2) is 36.4 Å². The molecule has 0 spiro atoms. The maximum Gasteiger partial charge on any atom is 0.128 e. The summed E-state index contributed by atoms with van der Waals surface area (Å²) in [7, 11) is 0. The van der Waals surface area contributed by atoms with Gasteiger partial charge in [0.2, 0.25) is 0 Å². The standard InChI is InChI=1S/C15H14ClFN2/c16-11-4-5-13(17)10(8-11)9-19-7-6-12-14(18)2-1-3-15(12)19/h1-5,8H,6-7,9,18H2. The van der Waals surface area contributed by atoms with Crippen molar-refractivity contribution in [3.63, 3.8) is 0 Å². The molecule has 0 amide bonds. The van der Waals surface area contributed by atoms with Gasteiger partial charge in [-0.1, -0.05) is 17.7 Å². The lowest BCUT2D eigenvalue weighted by Gasteiger charge is -2.20. The maximum atomic E-state index is 13.8. The highest BCUT2D eigenvalue weighted by Gasteiger charge is 2.21. The van der Waals surface area contributed by atoms with Gasteiger partial charge in [-0.2, -0.15) is 0 Å². The summed E-state index contributed by atoms with van der Waals surface area (Å²) in [6.45, 7) is 1.37. The Hall–Kier alpha value is -1.74. The van der Waals surface area contributed by atoms with Gasteiger partial charge >= 0.3 is 0 Å². The van der Waals surface area contributed by atoms with Crippen molar-refractivity contribution >= 4 is 23.0 Å². The normalized spacial score (nSPS) is 13.7. The van der Waals surface area contributed by atoms with E-state index < -0.39 is 0 Å². The third-order valence-corrected chi connectivity index (χ3v) is 3.76. The molecule has 2 N–H and O–H groups in total. The molecule has 0 unspecified atom stereocenters. The largest absolute Gasteiger partial charge is 0.398 e. The second kappa shape index (κ2) is 4.74. The summed E-state index contributed by atoms with van der Waals surface area (Å²) in [5.74, 6) is -0.221.